The Labute approximate surface area is 109 Å². The monoisotopic (exact) mass is 250 g/mol. The molecular weight excluding hydrogens is 228 g/mol. The van der Waals surface area contributed by atoms with Crippen LogP contribution in [0.25, 0.3) is 0 Å². The van der Waals surface area contributed by atoms with Crippen molar-refractivity contribution >= 4 is 11.6 Å². The van der Waals surface area contributed by atoms with Gasteiger partial charge in [0.05, 0.1) is 6.10 Å². The molecule has 1 N–H and O–H groups in total. The molecule has 1 unspecified atom stereocenters. The Morgan fingerprint density at radius 2 is 2.33 bits per heavy atom. The lowest BCUT2D eigenvalue weighted by molar-refractivity contribution is 0.0891. The van der Waals surface area contributed by atoms with Crippen LogP contribution in [0.5, 0.6) is 0 Å². The summed E-state index contributed by atoms with van der Waals surface area (Å²) in [6, 6.07) is 2.02. The lowest BCUT2D eigenvalue weighted by Crippen LogP contribution is -2.39. The van der Waals surface area contributed by atoms with Crippen LogP contribution in [0.3, 0.4) is 0 Å². The van der Waals surface area contributed by atoms with Crippen LogP contribution in [0.2, 0.25) is 0 Å². The number of aromatic nitrogens is 2. The number of methoxy groups -OCH3 is 1. The van der Waals surface area contributed by atoms with Crippen molar-refractivity contribution in [3.05, 3.63) is 11.9 Å². The van der Waals surface area contributed by atoms with E-state index >= 15 is 0 Å². The number of nitrogens with one attached hydrogen (secondary N) is 1. The van der Waals surface area contributed by atoms with Gasteiger partial charge < -0.3 is 15.0 Å². The van der Waals surface area contributed by atoms with Crippen molar-refractivity contribution in [1.82, 2.24) is 9.97 Å². The van der Waals surface area contributed by atoms with Crippen LogP contribution in [0.15, 0.2) is 6.07 Å². The molecule has 5 nitrogen and oxygen atoms in total. The number of anilines is 2. The molecule has 1 fully saturated rings. The summed E-state index contributed by atoms with van der Waals surface area (Å²) in [6.07, 6.45) is 2.60. The smallest absolute Gasteiger partial charge is 0.134 e. The minimum atomic E-state index is 0.316. The maximum atomic E-state index is 5.45. The number of ether oxygens (including phenoxy) is 1. The van der Waals surface area contributed by atoms with Gasteiger partial charge in [0.1, 0.15) is 17.5 Å². The Balaban J connectivity index is 2.16. The molecule has 1 aliphatic heterocycles. The molecule has 0 aliphatic carbocycles. The molecule has 5 heteroatoms. The van der Waals surface area contributed by atoms with E-state index in [1.54, 1.807) is 7.11 Å². The summed E-state index contributed by atoms with van der Waals surface area (Å²) in [5.74, 6) is 2.71. The molecule has 0 radical (unpaired) electrons. The first-order valence-electron chi connectivity index (χ1n) is 6.60. The van der Waals surface area contributed by atoms with E-state index in [2.05, 4.69) is 27.1 Å². The Bertz CT molecular complexity index is 397. The fourth-order valence-corrected chi connectivity index (χ4v) is 2.32. The summed E-state index contributed by atoms with van der Waals surface area (Å²) in [7, 11) is 1.78. The number of hydrogen-bond donors (Lipinski definition) is 1. The van der Waals surface area contributed by atoms with Gasteiger partial charge in [-0.2, -0.15) is 0 Å². The summed E-state index contributed by atoms with van der Waals surface area (Å²) in [5, 5.41) is 3.24. The molecule has 0 amide bonds. The maximum Gasteiger partial charge on any atom is 0.134 e. The van der Waals surface area contributed by atoms with E-state index in [1.807, 2.05) is 13.0 Å². The molecule has 0 bridgehead atoms. The van der Waals surface area contributed by atoms with Gasteiger partial charge >= 0.3 is 0 Å². The maximum absolute atomic E-state index is 5.45. The van der Waals surface area contributed by atoms with E-state index in [9.17, 15) is 0 Å². The quantitative estimate of drug-likeness (QED) is 0.883. The van der Waals surface area contributed by atoms with Crippen LogP contribution in [0.4, 0.5) is 11.6 Å². The molecule has 100 valence electrons. The minimum absolute atomic E-state index is 0.316. The molecule has 1 aromatic heterocycles. The summed E-state index contributed by atoms with van der Waals surface area (Å²) in [5.41, 5.74) is 0. The largest absolute Gasteiger partial charge is 0.380 e. The summed E-state index contributed by atoms with van der Waals surface area (Å²) in [4.78, 5) is 11.2. The molecule has 18 heavy (non-hydrogen) atoms. The van der Waals surface area contributed by atoms with Crippen molar-refractivity contribution in [2.75, 3.05) is 37.0 Å². The molecule has 0 saturated carbocycles. The van der Waals surface area contributed by atoms with E-state index in [0.717, 1.165) is 49.9 Å². The molecule has 1 saturated heterocycles. The van der Waals surface area contributed by atoms with E-state index in [4.69, 9.17) is 4.74 Å². The second-order valence-electron chi connectivity index (χ2n) is 4.63. The topological polar surface area (TPSA) is 50.3 Å². The molecule has 0 aromatic carbocycles. The molecule has 2 rings (SSSR count). The predicted molar refractivity (Wildman–Crippen MR) is 73.2 cm³/mol. The summed E-state index contributed by atoms with van der Waals surface area (Å²) in [6.45, 7) is 6.83. The first-order valence-corrected chi connectivity index (χ1v) is 6.60. The van der Waals surface area contributed by atoms with Crippen molar-refractivity contribution in [3.8, 4) is 0 Å². The van der Waals surface area contributed by atoms with Gasteiger partial charge in [0, 0.05) is 32.8 Å². The second-order valence-corrected chi connectivity index (χ2v) is 4.63. The second kappa shape index (κ2) is 6.00. The first-order chi connectivity index (χ1) is 8.72. The van der Waals surface area contributed by atoms with Gasteiger partial charge in [-0.15, -0.1) is 0 Å². The van der Waals surface area contributed by atoms with Gasteiger partial charge in [0.25, 0.3) is 0 Å². The van der Waals surface area contributed by atoms with Crippen LogP contribution >= 0.6 is 0 Å². The highest BCUT2D eigenvalue weighted by molar-refractivity contribution is 5.49. The zero-order valence-electron chi connectivity index (χ0n) is 11.4. The first kappa shape index (κ1) is 13.1. The van der Waals surface area contributed by atoms with E-state index in [0.29, 0.717) is 6.10 Å². The van der Waals surface area contributed by atoms with Crippen LogP contribution in [0, 0.1) is 6.92 Å². The Morgan fingerprint density at radius 1 is 1.50 bits per heavy atom. The van der Waals surface area contributed by atoms with Crippen LogP contribution in [0.1, 0.15) is 25.6 Å². The van der Waals surface area contributed by atoms with Gasteiger partial charge in [-0.25, -0.2) is 9.97 Å². The van der Waals surface area contributed by atoms with Crippen molar-refractivity contribution in [3.63, 3.8) is 0 Å². The van der Waals surface area contributed by atoms with Crippen molar-refractivity contribution in [2.24, 2.45) is 0 Å². The molecule has 1 aromatic rings. The Hall–Kier alpha value is -1.36. The van der Waals surface area contributed by atoms with E-state index < -0.39 is 0 Å². The van der Waals surface area contributed by atoms with Crippen LogP contribution in [-0.4, -0.2) is 42.8 Å². The van der Waals surface area contributed by atoms with E-state index in [1.165, 1.54) is 0 Å². The van der Waals surface area contributed by atoms with Gasteiger partial charge in [-0.05, 0) is 26.7 Å². The van der Waals surface area contributed by atoms with Crippen molar-refractivity contribution in [2.45, 2.75) is 32.8 Å². The number of piperidine rings is 1. The molecule has 1 atom stereocenters. The number of nitrogens with zero attached hydrogens (tertiary/aromatic N) is 3. The van der Waals surface area contributed by atoms with Crippen molar-refractivity contribution < 1.29 is 4.74 Å². The fourth-order valence-electron chi connectivity index (χ4n) is 2.32. The lowest BCUT2D eigenvalue weighted by Gasteiger charge is -2.33. The third kappa shape index (κ3) is 3.10. The minimum Gasteiger partial charge on any atom is -0.380 e. The molecular formula is C13H22N4O. The zero-order chi connectivity index (χ0) is 13.0. The normalized spacial score (nSPS) is 19.9. The number of aryl methyl sites for hydroxylation is 1. The van der Waals surface area contributed by atoms with Gasteiger partial charge in [-0.3, -0.25) is 0 Å². The van der Waals surface area contributed by atoms with Gasteiger partial charge in [0.2, 0.25) is 0 Å². The van der Waals surface area contributed by atoms with Crippen LogP contribution < -0.4 is 10.2 Å². The average molecular weight is 250 g/mol. The number of rotatable bonds is 4. The SMILES string of the molecule is CCNc1cc(N2CCCC(OC)C2)nc(C)n1. The molecule has 1 aliphatic rings. The third-order valence-corrected chi connectivity index (χ3v) is 3.22. The van der Waals surface area contributed by atoms with Crippen molar-refractivity contribution in [1.29, 1.82) is 0 Å². The predicted octanol–water partition coefficient (Wildman–Crippen LogP) is 1.83. The van der Waals surface area contributed by atoms with E-state index in [-0.39, 0.29) is 0 Å². The summed E-state index contributed by atoms with van der Waals surface area (Å²) >= 11 is 0. The van der Waals surface area contributed by atoms with Crippen LogP contribution in [-0.2, 0) is 4.74 Å². The summed E-state index contributed by atoms with van der Waals surface area (Å²) < 4.78 is 5.45. The van der Waals surface area contributed by atoms with Gasteiger partial charge in [-0.1, -0.05) is 0 Å². The highest BCUT2D eigenvalue weighted by Crippen LogP contribution is 2.21. The Kier molecular flexibility index (Phi) is 4.36. The lowest BCUT2D eigenvalue weighted by atomic mass is 10.1. The zero-order valence-corrected chi connectivity index (χ0v) is 11.4. The number of hydrogen-bond acceptors (Lipinski definition) is 5. The average Bonchev–Trinajstić information content (AvgIpc) is 2.38. The molecule has 0 spiro atoms. The molecule has 2 heterocycles. The highest BCUT2D eigenvalue weighted by Gasteiger charge is 2.21. The highest BCUT2D eigenvalue weighted by atomic mass is 16.5. The standard InChI is InChI=1S/C13H22N4O/c1-4-14-12-8-13(16-10(2)15-12)17-7-5-6-11(9-17)18-3/h8,11H,4-7,9H2,1-3H3,(H,14,15,16). The Morgan fingerprint density at radius 3 is 3.06 bits per heavy atom. The third-order valence-electron chi connectivity index (χ3n) is 3.22. The van der Waals surface area contributed by atoms with Gasteiger partial charge in [0.15, 0.2) is 0 Å². The fraction of sp³-hybridized carbons (Fsp3) is 0.692.